The lowest BCUT2D eigenvalue weighted by molar-refractivity contribution is 0.246. The van der Waals surface area contributed by atoms with Gasteiger partial charge in [0.1, 0.15) is 6.61 Å². The van der Waals surface area contributed by atoms with Gasteiger partial charge in [0.15, 0.2) is 0 Å². The number of benzene rings is 1. The Morgan fingerprint density at radius 3 is 3.18 bits per heavy atom. The van der Waals surface area contributed by atoms with Crippen molar-refractivity contribution in [2.24, 2.45) is 0 Å². The van der Waals surface area contributed by atoms with Gasteiger partial charge in [-0.2, -0.15) is 4.37 Å². The first-order chi connectivity index (χ1) is 8.43. The standard InChI is InChI=1S/C13H16N2OS/c1-2-7-12-11(6-1)13(17-15-12)16-9-10-5-3-4-8-14-10/h1-2,6-7,10,14H,3-5,8-9H2. The number of rotatable bonds is 3. The van der Waals surface area contributed by atoms with E-state index in [1.165, 1.54) is 30.8 Å². The van der Waals surface area contributed by atoms with Gasteiger partial charge >= 0.3 is 0 Å². The highest BCUT2D eigenvalue weighted by molar-refractivity contribution is 7.09. The second-order valence-electron chi connectivity index (χ2n) is 4.45. The van der Waals surface area contributed by atoms with Crippen molar-refractivity contribution in [2.45, 2.75) is 25.3 Å². The fourth-order valence-electron chi connectivity index (χ4n) is 2.21. The average Bonchev–Trinajstić information content (AvgIpc) is 2.81. The number of ether oxygens (including phenoxy) is 1. The number of nitrogens with zero attached hydrogens (tertiary/aromatic N) is 1. The van der Waals surface area contributed by atoms with Gasteiger partial charge < -0.3 is 10.1 Å². The van der Waals surface area contributed by atoms with Crippen LogP contribution < -0.4 is 10.1 Å². The molecule has 1 aliphatic rings. The Labute approximate surface area is 105 Å². The van der Waals surface area contributed by atoms with Gasteiger partial charge in [0.2, 0.25) is 5.06 Å². The summed E-state index contributed by atoms with van der Waals surface area (Å²) < 4.78 is 10.3. The molecular formula is C13H16N2OS. The number of piperidine rings is 1. The molecule has 0 amide bonds. The zero-order chi connectivity index (χ0) is 11.5. The Kier molecular flexibility index (Phi) is 3.25. The zero-order valence-electron chi connectivity index (χ0n) is 9.69. The van der Waals surface area contributed by atoms with Gasteiger partial charge in [-0.1, -0.05) is 18.6 Å². The Bertz CT molecular complexity index is 491. The maximum atomic E-state index is 5.89. The molecule has 1 N–H and O–H groups in total. The maximum Gasteiger partial charge on any atom is 0.201 e. The van der Waals surface area contributed by atoms with E-state index in [0.717, 1.165) is 29.1 Å². The van der Waals surface area contributed by atoms with E-state index in [-0.39, 0.29) is 0 Å². The summed E-state index contributed by atoms with van der Waals surface area (Å²) in [5, 5.41) is 5.57. The highest BCUT2D eigenvalue weighted by atomic mass is 32.1. The van der Waals surface area contributed by atoms with Crippen LogP contribution in [0.5, 0.6) is 5.06 Å². The first-order valence-corrected chi connectivity index (χ1v) is 6.91. The molecule has 1 aromatic heterocycles. The molecule has 2 aromatic rings. The molecule has 1 aliphatic heterocycles. The molecule has 3 nitrogen and oxygen atoms in total. The average molecular weight is 248 g/mol. The number of hydrogen-bond acceptors (Lipinski definition) is 4. The summed E-state index contributed by atoms with van der Waals surface area (Å²) in [5.74, 6) is 0. The van der Waals surface area contributed by atoms with Crippen LogP contribution in [0.25, 0.3) is 10.9 Å². The number of fused-ring (bicyclic) bond motifs is 1. The molecule has 0 bridgehead atoms. The summed E-state index contributed by atoms with van der Waals surface area (Å²) in [4.78, 5) is 0. The third kappa shape index (κ3) is 2.42. The monoisotopic (exact) mass is 248 g/mol. The highest BCUT2D eigenvalue weighted by Crippen LogP contribution is 2.29. The second kappa shape index (κ2) is 5.02. The molecular weight excluding hydrogens is 232 g/mol. The largest absolute Gasteiger partial charge is 0.481 e. The van der Waals surface area contributed by atoms with E-state index in [0.29, 0.717) is 6.04 Å². The van der Waals surface area contributed by atoms with Gasteiger partial charge in [-0.25, -0.2) is 0 Å². The summed E-state index contributed by atoms with van der Waals surface area (Å²) in [6.45, 7) is 1.88. The van der Waals surface area contributed by atoms with Crippen molar-refractivity contribution in [3.8, 4) is 5.06 Å². The first kappa shape index (κ1) is 11.0. The van der Waals surface area contributed by atoms with E-state index in [9.17, 15) is 0 Å². The minimum atomic E-state index is 0.504. The smallest absolute Gasteiger partial charge is 0.201 e. The summed E-state index contributed by atoms with van der Waals surface area (Å²) >= 11 is 1.45. The molecule has 90 valence electrons. The summed E-state index contributed by atoms with van der Waals surface area (Å²) in [6.07, 6.45) is 3.82. The fourth-order valence-corrected chi connectivity index (χ4v) is 2.94. The summed E-state index contributed by atoms with van der Waals surface area (Å²) in [5.41, 5.74) is 1.03. The van der Waals surface area contributed by atoms with Crippen molar-refractivity contribution in [1.82, 2.24) is 9.69 Å². The lowest BCUT2D eigenvalue weighted by atomic mass is 10.1. The molecule has 0 aliphatic carbocycles. The molecule has 2 heterocycles. The summed E-state index contributed by atoms with van der Waals surface area (Å²) in [6, 6.07) is 8.64. The van der Waals surface area contributed by atoms with Crippen molar-refractivity contribution in [3.63, 3.8) is 0 Å². The van der Waals surface area contributed by atoms with Crippen LogP contribution in [-0.2, 0) is 0 Å². The highest BCUT2D eigenvalue weighted by Gasteiger charge is 2.14. The van der Waals surface area contributed by atoms with Crippen LogP contribution in [0.3, 0.4) is 0 Å². The summed E-state index contributed by atoms with van der Waals surface area (Å²) in [7, 11) is 0. The van der Waals surface area contributed by atoms with E-state index in [2.05, 4.69) is 15.8 Å². The molecule has 1 atom stereocenters. The molecule has 4 heteroatoms. The van der Waals surface area contributed by atoms with Crippen LogP contribution in [0.15, 0.2) is 24.3 Å². The van der Waals surface area contributed by atoms with Crippen molar-refractivity contribution in [2.75, 3.05) is 13.2 Å². The van der Waals surface area contributed by atoms with E-state index in [4.69, 9.17) is 4.74 Å². The molecule has 1 fully saturated rings. The van der Waals surface area contributed by atoms with Gasteiger partial charge in [0, 0.05) is 17.6 Å². The topological polar surface area (TPSA) is 34.1 Å². The second-order valence-corrected chi connectivity index (χ2v) is 5.18. The minimum absolute atomic E-state index is 0.504. The van der Waals surface area contributed by atoms with Crippen LogP contribution in [0, 0.1) is 0 Å². The van der Waals surface area contributed by atoms with Crippen molar-refractivity contribution in [1.29, 1.82) is 0 Å². The predicted octanol–water partition coefficient (Wildman–Crippen LogP) is 2.82. The van der Waals surface area contributed by atoms with Crippen molar-refractivity contribution >= 4 is 22.4 Å². The van der Waals surface area contributed by atoms with Gasteiger partial charge in [0.25, 0.3) is 0 Å². The number of hydrogen-bond donors (Lipinski definition) is 1. The maximum absolute atomic E-state index is 5.89. The van der Waals surface area contributed by atoms with E-state index in [1.807, 2.05) is 18.2 Å². The predicted molar refractivity (Wildman–Crippen MR) is 70.8 cm³/mol. The first-order valence-electron chi connectivity index (χ1n) is 6.14. The molecule has 1 aromatic carbocycles. The van der Waals surface area contributed by atoms with Gasteiger partial charge in [-0.05, 0) is 31.5 Å². The van der Waals surface area contributed by atoms with E-state index < -0.39 is 0 Å². The SMILES string of the molecule is c1ccc2c(OCC3CCCCN3)snc2c1. The lowest BCUT2D eigenvalue weighted by Gasteiger charge is -2.22. The van der Waals surface area contributed by atoms with Crippen LogP contribution in [0.2, 0.25) is 0 Å². The van der Waals surface area contributed by atoms with Crippen molar-refractivity contribution in [3.05, 3.63) is 24.3 Å². The van der Waals surface area contributed by atoms with Gasteiger partial charge in [0.05, 0.1) is 10.9 Å². The molecule has 17 heavy (non-hydrogen) atoms. The molecule has 0 radical (unpaired) electrons. The van der Waals surface area contributed by atoms with Crippen molar-refractivity contribution < 1.29 is 4.74 Å². The normalized spacial score (nSPS) is 20.6. The lowest BCUT2D eigenvalue weighted by Crippen LogP contribution is -2.38. The van der Waals surface area contributed by atoms with Crippen LogP contribution in [0.1, 0.15) is 19.3 Å². The quantitative estimate of drug-likeness (QED) is 0.907. The van der Waals surface area contributed by atoms with E-state index in [1.54, 1.807) is 0 Å². The molecule has 1 saturated heterocycles. The minimum Gasteiger partial charge on any atom is -0.481 e. The Balaban J connectivity index is 1.68. The Morgan fingerprint density at radius 2 is 2.29 bits per heavy atom. The van der Waals surface area contributed by atoms with E-state index >= 15 is 0 Å². The number of nitrogens with one attached hydrogen (secondary N) is 1. The molecule has 0 saturated carbocycles. The molecule has 1 unspecified atom stereocenters. The Morgan fingerprint density at radius 1 is 1.35 bits per heavy atom. The molecule has 3 rings (SSSR count). The fraction of sp³-hybridized carbons (Fsp3) is 0.462. The van der Waals surface area contributed by atoms with Crippen LogP contribution in [0.4, 0.5) is 0 Å². The van der Waals surface area contributed by atoms with Gasteiger partial charge in [-0.3, -0.25) is 0 Å². The Hall–Kier alpha value is -1.13. The van der Waals surface area contributed by atoms with Crippen LogP contribution in [-0.4, -0.2) is 23.6 Å². The number of aromatic nitrogens is 1. The zero-order valence-corrected chi connectivity index (χ0v) is 10.5. The third-order valence-corrected chi connectivity index (χ3v) is 3.97. The third-order valence-electron chi connectivity index (χ3n) is 3.18. The molecule has 0 spiro atoms. The van der Waals surface area contributed by atoms with Crippen LogP contribution >= 0.6 is 11.5 Å². The van der Waals surface area contributed by atoms with Gasteiger partial charge in [-0.15, -0.1) is 0 Å².